The number of benzene rings is 3. The lowest BCUT2D eigenvalue weighted by atomic mass is 10.00. The summed E-state index contributed by atoms with van der Waals surface area (Å²) in [5.74, 6) is -0.943. The molecule has 0 aliphatic carbocycles. The highest BCUT2D eigenvalue weighted by Crippen LogP contribution is 2.30. The van der Waals surface area contributed by atoms with Crippen LogP contribution in [0.25, 0.3) is 10.9 Å². The summed E-state index contributed by atoms with van der Waals surface area (Å²) in [6.07, 6.45) is 4.41. The maximum atomic E-state index is 13.4. The van der Waals surface area contributed by atoms with E-state index < -0.39 is 17.2 Å². The molecule has 1 saturated heterocycles. The predicted octanol–water partition coefficient (Wildman–Crippen LogP) is 5.17. The third-order valence-electron chi connectivity index (χ3n) is 8.40. The molecule has 0 unspecified atom stereocenters. The van der Waals surface area contributed by atoms with Gasteiger partial charge >= 0.3 is 11.7 Å². The zero-order chi connectivity index (χ0) is 30.9. The standard InChI is InChI=1S/C35H41N3O6/c39-28-16-17-31-30(25-28)34(42)38(22-8-7-15-32(40)41)35(43)37(31)21-10-9-20-36-23-18-29(19-24-36)44-33(26-11-3-1-4-12-26)27-13-5-2-6-14-27/h1-6,11-14,16-17,25,29,33,39H,7-10,15,18-24H2,(H,40,41). The Balaban J connectivity index is 1.16. The van der Waals surface area contributed by atoms with Gasteiger partial charge in [-0.1, -0.05) is 60.7 Å². The quantitative estimate of drug-likeness (QED) is 0.192. The molecule has 0 spiro atoms. The third-order valence-corrected chi connectivity index (χ3v) is 8.40. The summed E-state index contributed by atoms with van der Waals surface area (Å²) in [4.78, 5) is 39.8. The van der Waals surface area contributed by atoms with Crippen LogP contribution >= 0.6 is 0 Å². The van der Waals surface area contributed by atoms with E-state index in [9.17, 15) is 19.5 Å². The fraction of sp³-hybridized carbons (Fsp3) is 0.400. The minimum atomic E-state index is -0.904. The third kappa shape index (κ3) is 7.84. The highest BCUT2D eigenvalue weighted by molar-refractivity contribution is 5.79. The van der Waals surface area contributed by atoms with Crippen LogP contribution in [0.4, 0.5) is 0 Å². The molecule has 2 heterocycles. The second-order valence-electron chi connectivity index (χ2n) is 11.5. The normalized spacial score (nSPS) is 14.4. The Morgan fingerprint density at radius 3 is 2.02 bits per heavy atom. The van der Waals surface area contributed by atoms with Crippen molar-refractivity contribution in [1.82, 2.24) is 14.0 Å². The van der Waals surface area contributed by atoms with Gasteiger partial charge in [-0.2, -0.15) is 0 Å². The van der Waals surface area contributed by atoms with Gasteiger partial charge in [-0.15, -0.1) is 0 Å². The number of aromatic nitrogens is 2. The van der Waals surface area contributed by atoms with Gasteiger partial charge < -0.3 is 19.8 Å². The van der Waals surface area contributed by atoms with Gasteiger partial charge in [-0.25, -0.2) is 4.79 Å². The topological polar surface area (TPSA) is 114 Å². The Bertz CT molecular complexity index is 1600. The van der Waals surface area contributed by atoms with Crippen LogP contribution in [0, 0.1) is 0 Å². The number of carbonyl (C=O) groups is 1. The molecule has 0 atom stereocenters. The van der Waals surface area contributed by atoms with Crippen LogP contribution in [0.1, 0.15) is 62.2 Å². The molecule has 0 saturated carbocycles. The van der Waals surface area contributed by atoms with E-state index in [0.717, 1.165) is 56.4 Å². The number of aromatic hydroxyl groups is 1. The van der Waals surface area contributed by atoms with E-state index in [0.29, 0.717) is 24.9 Å². The maximum Gasteiger partial charge on any atom is 0.331 e. The molecule has 2 N–H and O–H groups in total. The zero-order valence-corrected chi connectivity index (χ0v) is 25.0. The molecule has 9 nitrogen and oxygen atoms in total. The van der Waals surface area contributed by atoms with Crippen molar-refractivity contribution in [2.45, 2.75) is 70.2 Å². The zero-order valence-electron chi connectivity index (χ0n) is 25.0. The summed E-state index contributed by atoms with van der Waals surface area (Å²) in [6.45, 7) is 3.40. The number of carboxylic acid groups (broad SMARTS) is 1. The number of aliphatic carboxylic acids is 1. The van der Waals surface area contributed by atoms with E-state index in [-0.39, 0.29) is 36.3 Å². The van der Waals surface area contributed by atoms with Crippen molar-refractivity contribution >= 4 is 16.9 Å². The van der Waals surface area contributed by atoms with Crippen LogP contribution in [0.2, 0.25) is 0 Å². The fourth-order valence-electron chi connectivity index (χ4n) is 6.04. The smallest absolute Gasteiger partial charge is 0.331 e. The van der Waals surface area contributed by atoms with Gasteiger partial charge in [0.05, 0.1) is 17.0 Å². The molecule has 1 aliphatic rings. The molecule has 232 valence electrons. The summed E-state index contributed by atoms with van der Waals surface area (Å²) in [7, 11) is 0. The first-order valence-electron chi connectivity index (χ1n) is 15.6. The monoisotopic (exact) mass is 599 g/mol. The average molecular weight is 600 g/mol. The molecule has 4 aromatic rings. The summed E-state index contributed by atoms with van der Waals surface area (Å²) in [5, 5.41) is 19.2. The van der Waals surface area contributed by atoms with E-state index in [4.69, 9.17) is 9.84 Å². The van der Waals surface area contributed by atoms with Gasteiger partial charge in [0.1, 0.15) is 11.9 Å². The number of piperidine rings is 1. The van der Waals surface area contributed by atoms with Crippen LogP contribution < -0.4 is 11.2 Å². The molecule has 1 aliphatic heterocycles. The minimum absolute atomic E-state index is 0.0126. The number of aryl methyl sites for hydroxylation is 1. The van der Waals surface area contributed by atoms with Crippen LogP contribution in [-0.2, 0) is 22.6 Å². The van der Waals surface area contributed by atoms with Crippen LogP contribution in [0.5, 0.6) is 5.75 Å². The maximum absolute atomic E-state index is 13.4. The van der Waals surface area contributed by atoms with Crippen LogP contribution in [-0.4, -0.2) is 56.0 Å². The number of likely N-dealkylation sites (tertiary alicyclic amines) is 1. The Hall–Kier alpha value is -4.21. The molecule has 5 rings (SSSR count). The Labute approximate surface area is 257 Å². The lowest BCUT2D eigenvalue weighted by Gasteiger charge is -2.34. The molecule has 1 fully saturated rings. The first-order chi connectivity index (χ1) is 21.4. The fourth-order valence-corrected chi connectivity index (χ4v) is 6.04. The van der Waals surface area contributed by atoms with E-state index in [1.165, 1.54) is 16.7 Å². The molecule has 1 aromatic heterocycles. The predicted molar refractivity (Wildman–Crippen MR) is 170 cm³/mol. The van der Waals surface area contributed by atoms with Gasteiger partial charge in [0, 0.05) is 32.6 Å². The molecule has 0 bridgehead atoms. The van der Waals surface area contributed by atoms with Gasteiger partial charge in [-0.05, 0) is 74.4 Å². The van der Waals surface area contributed by atoms with Crippen molar-refractivity contribution < 1.29 is 19.7 Å². The minimum Gasteiger partial charge on any atom is -0.508 e. The number of hydrogen-bond acceptors (Lipinski definition) is 6. The van der Waals surface area contributed by atoms with Crippen molar-refractivity contribution in [1.29, 1.82) is 0 Å². The van der Waals surface area contributed by atoms with Crippen molar-refractivity contribution in [3.8, 4) is 5.75 Å². The second-order valence-corrected chi connectivity index (χ2v) is 11.5. The van der Waals surface area contributed by atoms with Gasteiger partial charge in [0.25, 0.3) is 5.56 Å². The molecule has 9 heteroatoms. The molecule has 3 aromatic carbocycles. The van der Waals surface area contributed by atoms with Crippen LogP contribution in [0.3, 0.4) is 0 Å². The average Bonchev–Trinajstić information content (AvgIpc) is 3.04. The summed E-state index contributed by atoms with van der Waals surface area (Å²) >= 11 is 0. The van der Waals surface area contributed by atoms with Gasteiger partial charge in [-0.3, -0.25) is 18.7 Å². The lowest BCUT2D eigenvalue weighted by molar-refractivity contribution is -0.137. The number of phenolic OH excluding ortho intramolecular Hbond substituents is 1. The number of ether oxygens (including phenoxy) is 1. The van der Waals surface area contributed by atoms with Crippen molar-refractivity contribution in [3.05, 3.63) is 111 Å². The first kappa shape index (κ1) is 31.2. The molecule has 0 radical (unpaired) electrons. The number of unbranched alkanes of at least 4 members (excludes halogenated alkanes) is 2. The SMILES string of the molecule is O=C(O)CCCCn1c(=O)c2cc(O)ccc2n(CCCCN2CCC(OC(c3ccccc3)c3ccccc3)CC2)c1=O. The molecular weight excluding hydrogens is 558 g/mol. The largest absolute Gasteiger partial charge is 0.508 e. The van der Waals surface area contributed by atoms with Crippen molar-refractivity contribution in [2.24, 2.45) is 0 Å². The molecule has 44 heavy (non-hydrogen) atoms. The number of carboxylic acids is 1. The van der Waals surface area contributed by atoms with Crippen LogP contribution in [0.15, 0.2) is 88.5 Å². The number of fused-ring (bicyclic) bond motifs is 1. The highest BCUT2D eigenvalue weighted by atomic mass is 16.5. The van der Waals surface area contributed by atoms with Crippen molar-refractivity contribution in [3.63, 3.8) is 0 Å². The van der Waals surface area contributed by atoms with E-state index >= 15 is 0 Å². The lowest BCUT2D eigenvalue weighted by Crippen LogP contribution is -2.40. The summed E-state index contributed by atoms with van der Waals surface area (Å²) in [5.41, 5.74) is 1.97. The van der Waals surface area contributed by atoms with E-state index in [1.807, 2.05) is 12.1 Å². The number of phenols is 1. The molecular formula is C35H41N3O6. The molecule has 0 amide bonds. The Morgan fingerprint density at radius 1 is 0.795 bits per heavy atom. The summed E-state index contributed by atoms with van der Waals surface area (Å²) in [6, 6.07) is 25.2. The van der Waals surface area contributed by atoms with Gasteiger partial charge in [0.15, 0.2) is 0 Å². The highest BCUT2D eigenvalue weighted by Gasteiger charge is 2.24. The second kappa shape index (κ2) is 15.0. The van der Waals surface area contributed by atoms with E-state index in [1.54, 1.807) is 10.6 Å². The number of rotatable bonds is 14. The summed E-state index contributed by atoms with van der Waals surface area (Å²) < 4.78 is 9.47. The van der Waals surface area contributed by atoms with Crippen molar-refractivity contribution in [2.75, 3.05) is 19.6 Å². The Morgan fingerprint density at radius 2 is 1.39 bits per heavy atom. The first-order valence-corrected chi connectivity index (χ1v) is 15.6. The Kier molecular flexibility index (Phi) is 10.6. The number of hydrogen-bond donors (Lipinski definition) is 2. The van der Waals surface area contributed by atoms with Gasteiger partial charge in [0.2, 0.25) is 0 Å². The van der Waals surface area contributed by atoms with E-state index in [2.05, 4.69) is 53.4 Å². The number of nitrogens with zero attached hydrogens (tertiary/aromatic N) is 3.